The summed E-state index contributed by atoms with van der Waals surface area (Å²) in [5.41, 5.74) is 2.65. The van der Waals surface area contributed by atoms with Crippen molar-refractivity contribution in [2.45, 2.75) is 19.4 Å². The Balaban J connectivity index is 2.03. The molecule has 15 heavy (non-hydrogen) atoms. The van der Waals surface area contributed by atoms with Gasteiger partial charge in [0.1, 0.15) is 0 Å². The van der Waals surface area contributed by atoms with E-state index >= 15 is 0 Å². The molecule has 78 valence electrons. The molecule has 0 saturated carbocycles. The van der Waals surface area contributed by atoms with E-state index in [0.29, 0.717) is 6.04 Å². The minimum atomic E-state index is 0.546. The second-order valence-corrected chi connectivity index (χ2v) is 4.52. The van der Waals surface area contributed by atoms with Gasteiger partial charge < -0.3 is 10.3 Å². The second-order valence-electron chi connectivity index (χ2n) is 4.52. The van der Waals surface area contributed by atoms with E-state index in [4.69, 9.17) is 0 Å². The third-order valence-electron chi connectivity index (χ3n) is 3.47. The highest BCUT2D eigenvalue weighted by molar-refractivity contribution is 5.80. The zero-order valence-electron chi connectivity index (χ0n) is 8.96. The number of nitrogens with one attached hydrogen (secondary N) is 2. The summed E-state index contributed by atoms with van der Waals surface area (Å²) in [6, 6.07) is 9.39. The number of rotatable bonds is 1. The van der Waals surface area contributed by atoms with Crippen LogP contribution in [-0.2, 0) is 0 Å². The molecule has 2 aromatic rings. The van der Waals surface area contributed by atoms with E-state index in [2.05, 4.69) is 41.5 Å². The summed E-state index contributed by atoms with van der Waals surface area (Å²) in [4.78, 5) is 3.23. The summed E-state index contributed by atoms with van der Waals surface area (Å²) in [5, 5.41) is 4.88. The number of fused-ring (bicyclic) bond motifs is 1. The maximum atomic E-state index is 3.57. The highest BCUT2D eigenvalue weighted by Crippen LogP contribution is 2.30. The first-order valence-corrected chi connectivity index (χ1v) is 5.65. The average Bonchev–Trinajstić information content (AvgIpc) is 2.84. The fourth-order valence-corrected chi connectivity index (χ4v) is 2.55. The molecule has 2 atom stereocenters. The molecule has 1 aliphatic rings. The fourth-order valence-electron chi connectivity index (χ4n) is 2.55. The Morgan fingerprint density at radius 1 is 1.27 bits per heavy atom. The quantitative estimate of drug-likeness (QED) is 0.728. The summed E-state index contributed by atoms with van der Waals surface area (Å²) < 4.78 is 0. The summed E-state index contributed by atoms with van der Waals surface area (Å²) >= 11 is 0. The van der Waals surface area contributed by atoms with Crippen LogP contribution in [0.4, 0.5) is 0 Å². The van der Waals surface area contributed by atoms with Gasteiger partial charge in [0.2, 0.25) is 0 Å². The van der Waals surface area contributed by atoms with Crippen molar-refractivity contribution in [2.24, 2.45) is 5.92 Å². The topological polar surface area (TPSA) is 27.8 Å². The van der Waals surface area contributed by atoms with E-state index in [-0.39, 0.29) is 0 Å². The molecular formula is C13H16N2. The van der Waals surface area contributed by atoms with Crippen LogP contribution < -0.4 is 5.32 Å². The zero-order chi connectivity index (χ0) is 10.3. The molecule has 1 aromatic carbocycles. The summed E-state index contributed by atoms with van der Waals surface area (Å²) in [6.45, 7) is 3.48. The van der Waals surface area contributed by atoms with Crippen molar-refractivity contribution in [1.29, 1.82) is 0 Å². The molecule has 1 saturated heterocycles. The van der Waals surface area contributed by atoms with Crippen LogP contribution in [0.5, 0.6) is 0 Å². The molecule has 0 radical (unpaired) electrons. The van der Waals surface area contributed by atoms with Gasteiger partial charge in [0.15, 0.2) is 0 Å². The first-order chi connectivity index (χ1) is 7.34. The predicted octanol–water partition coefficient (Wildman–Crippen LogP) is 2.84. The lowest BCUT2D eigenvalue weighted by Gasteiger charge is -2.16. The third kappa shape index (κ3) is 1.45. The smallest absolute Gasteiger partial charge is 0.0454 e. The SMILES string of the molecule is C[C@@H]1CCN[C@H]1c1ccc2[nH]ccc2c1. The Hall–Kier alpha value is -1.28. The molecule has 3 rings (SSSR count). The summed E-state index contributed by atoms with van der Waals surface area (Å²) in [5.74, 6) is 0.751. The van der Waals surface area contributed by atoms with Crippen molar-refractivity contribution < 1.29 is 0 Å². The Morgan fingerprint density at radius 2 is 2.20 bits per heavy atom. The van der Waals surface area contributed by atoms with Crippen LogP contribution in [0.1, 0.15) is 24.9 Å². The van der Waals surface area contributed by atoms with Gasteiger partial charge in [0.05, 0.1) is 0 Å². The number of benzene rings is 1. The van der Waals surface area contributed by atoms with Crippen LogP contribution in [0.3, 0.4) is 0 Å². The van der Waals surface area contributed by atoms with Crippen molar-refractivity contribution in [2.75, 3.05) is 6.54 Å². The van der Waals surface area contributed by atoms with Crippen LogP contribution in [-0.4, -0.2) is 11.5 Å². The lowest BCUT2D eigenvalue weighted by molar-refractivity contribution is 0.504. The van der Waals surface area contributed by atoms with Gasteiger partial charge in [-0.2, -0.15) is 0 Å². The minimum Gasteiger partial charge on any atom is -0.361 e. The van der Waals surface area contributed by atoms with Crippen LogP contribution in [0.2, 0.25) is 0 Å². The first kappa shape index (κ1) is 8.98. The fraction of sp³-hybridized carbons (Fsp3) is 0.385. The van der Waals surface area contributed by atoms with E-state index in [9.17, 15) is 0 Å². The predicted molar refractivity (Wildman–Crippen MR) is 62.8 cm³/mol. The molecule has 2 heterocycles. The van der Waals surface area contributed by atoms with Crippen LogP contribution in [0.25, 0.3) is 10.9 Å². The van der Waals surface area contributed by atoms with Crippen LogP contribution in [0.15, 0.2) is 30.5 Å². The molecular weight excluding hydrogens is 184 g/mol. The van der Waals surface area contributed by atoms with E-state index < -0.39 is 0 Å². The van der Waals surface area contributed by atoms with Crippen molar-refractivity contribution in [3.05, 3.63) is 36.0 Å². The molecule has 1 fully saturated rings. The van der Waals surface area contributed by atoms with Gasteiger partial charge in [-0.1, -0.05) is 13.0 Å². The maximum Gasteiger partial charge on any atom is 0.0454 e. The largest absolute Gasteiger partial charge is 0.361 e. The lowest BCUT2D eigenvalue weighted by Crippen LogP contribution is -2.16. The molecule has 1 aromatic heterocycles. The first-order valence-electron chi connectivity index (χ1n) is 5.65. The van der Waals surface area contributed by atoms with Gasteiger partial charge in [-0.3, -0.25) is 0 Å². The molecule has 1 aliphatic heterocycles. The molecule has 2 nitrogen and oxygen atoms in total. The number of hydrogen-bond donors (Lipinski definition) is 2. The normalized spacial score (nSPS) is 26.2. The van der Waals surface area contributed by atoms with E-state index in [1.165, 1.54) is 22.9 Å². The molecule has 0 unspecified atom stereocenters. The molecule has 0 aliphatic carbocycles. The van der Waals surface area contributed by atoms with Gasteiger partial charge in [0.25, 0.3) is 0 Å². The number of aromatic amines is 1. The molecule has 0 bridgehead atoms. The number of aromatic nitrogens is 1. The van der Waals surface area contributed by atoms with Gasteiger partial charge >= 0.3 is 0 Å². The average molecular weight is 200 g/mol. The van der Waals surface area contributed by atoms with E-state index in [1.54, 1.807) is 0 Å². The lowest BCUT2D eigenvalue weighted by atomic mass is 9.95. The zero-order valence-corrected chi connectivity index (χ0v) is 8.96. The van der Waals surface area contributed by atoms with E-state index in [0.717, 1.165) is 12.5 Å². The van der Waals surface area contributed by atoms with Crippen molar-refractivity contribution in [1.82, 2.24) is 10.3 Å². The highest BCUT2D eigenvalue weighted by atomic mass is 14.9. The van der Waals surface area contributed by atoms with Crippen molar-refractivity contribution in [3.63, 3.8) is 0 Å². The number of hydrogen-bond acceptors (Lipinski definition) is 1. The van der Waals surface area contributed by atoms with Crippen LogP contribution in [0, 0.1) is 5.92 Å². The maximum absolute atomic E-state index is 3.57. The number of H-pyrrole nitrogens is 1. The molecule has 0 amide bonds. The standard InChI is InChI=1S/C13H16N2/c1-9-4-6-15-13(9)11-2-3-12-10(8-11)5-7-14-12/h2-3,5,7-9,13-15H,4,6H2,1H3/t9-,13-/m1/s1. The van der Waals surface area contributed by atoms with Crippen molar-refractivity contribution >= 4 is 10.9 Å². The van der Waals surface area contributed by atoms with Gasteiger partial charge in [-0.15, -0.1) is 0 Å². The monoisotopic (exact) mass is 200 g/mol. The summed E-state index contributed by atoms with van der Waals surface area (Å²) in [6.07, 6.45) is 3.29. The minimum absolute atomic E-state index is 0.546. The van der Waals surface area contributed by atoms with Crippen LogP contribution >= 0.6 is 0 Å². The van der Waals surface area contributed by atoms with Gasteiger partial charge in [0, 0.05) is 17.8 Å². The Kier molecular flexibility index (Phi) is 2.03. The highest BCUT2D eigenvalue weighted by Gasteiger charge is 2.24. The Bertz CT molecular complexity index is 472. The van der Waals surface area contributed by atoms with Crippen molar-refractivity contribution in [3.8, 4) is 0 Å². The van der Waals surface area contributed by atoms with Gasteiger partial charge in [-0.05, 0) is 48.0 Å². The Morgan fingerprint density at radius 3 is 3.00 bits per heavy atom. The molecule has 0 spiro atoms. The molecule has 2 N–H and O–H groups in total. The summed E-state index contributed by atoms with van der Waals surface area (Å²) in [7, 11) is 0. The third-order valence-corrected chi connectivity index (χ3v) is 3.47. The molecule has 2 heteroatoms. The second kappa shape index (κ2) is 3.38. The Labute approximate surface area is 89.7 Å². The van der Waals surface area contributed by atoms with E-state index in [1.807, 2.05) is 6.20 Å². The van der Waals surface area contributed by atoms with Gasteiger partial charge in [-0.25, -0.2) is 0 Å².